The van der Waals surface area contributed by atoms with E-state index in [2.05, 4.69) is 19.2 Å². The first-order valence-corrected chi connectivity index (χ1v) is 9.85. The van der Waals surface area contributed by atoms with Gasteiger partial charge in [-0.3, -0.25) is 4.79 Å². The first-order valence-electron chi connectivity index (χ1n) is 9.85. The van der Waals surface area contributed by atoms with E-state index >= 15 is 0 Å². The zero-order valence-corrected chi connectivity index (χ0v) is 18.0. The average Bonchev–Trinajstić information content (AvgIpc) is 2.65. The highest BCUT2D eigenvalue weighted by Crippen LogP contribution is 2.47. The maximum absolute atomic E-state index is 13.2. The summed E-state index contributed by atoms with van der Waals surface area (Å²) >= 11 is 0. The number of allylic oxidation sites excluding steroid dienone is 3. The van der Waals surface area contributed by atoms with Crippen molar-refractivity contribution in [3.63, 3.8) is 0 Å². The Morgan fingerprint density at radius 2 is 1.86 bits per heavy atom. The fourth-order valence-electron chi connectivity index (χ4n) is 4.28. The number of carbonyl (C=O) groups is 2. The molecule has 1 N–H and O–H groups in total. The first-order chi connectivity index (χ1) is 13.7. The van der Waals surface area contributed by atoms with Gasteiger partial charge in [-0.1, -0.05) is 19.9 Å². The number of rotatable bonds is 5. The standard InChI is InChI=1S/C23H29NO5/c1-7-29-22(26)19-13(2)24-15-11-23(3,4)12-16(25)21(15)20(19)14-8-9-17(27-5)18(10-14)28-6/h8-10,20,24H,7,11-12H2,1-6H3/t20-/m1/s1. The summed E-state index contributed by atoms with van der Waals surface area (Å²) < 4.78 is 16.1. The van der Waals surface area contributed by atoms with Crippen molar-refractivity contribution in [3.05, 3.63) is 46.3 Å². The summed E-state index contributed by atoms with van der Waals surface area (Å²) in [7, 11) is 3.14. The summed E-state index contributed by atoms with van der Waals surface area (Å²) in [6.45, 7) is 8.06. The minimum atomic E-state index is -0.506. The summed E-state index contributed by atoms with van der Waals surface area (Å²) in [6.07, 6.45) is 1.18. The Balaban J connectivity index is 2.20. The number of nitrogens with one attached hydrogen (secondary N) is 1. The molecule has 6 nitrogen and oxygen atoms in total. The van der Waals surface area contributed by atoms with Gasteiger partial charge in [-0.15, -0.1) is 0 Å². The Labute approximate surface area is 171 Å². The highest BCUT2D eigenvalue weighted by Gasteiger charge is 2.43. The van der Waals surface area contributed by atoms with Crippen LogP contribution in [0.3, 0.4) is 0 Å². The quantitative estimate of drug-likeness (QED) is 0.758. The number of esters is 1. The lowest BCUT2D eigenvalue weighted by Crippen LogP contribution is -2.38. The summed E-state index contributed by atoms with van der Waals surface area (Å²) in [5.74, 6) is 0.275. The number of carbonyl (C=O) groups excluding carboxylic acids is 2. The normalized spacial score (nSPS) is 20.8. The molecule has 3 rings (SSSR count). The molecule has 0 radical (unpaired) electrons. The van der Waals surface area contributed by atoms with Gasteiger partial charge in [-0.25, -0.2) is 4.79 Å². The van der Waals surface area contributed by atoms with Gasteiger partial charge in [-0.2, -0.15) is 0 Å². The fraction of sp³-hybridized carbons (Fsp3) is 0.478. The molecule has 6 heteroatoms. The highest BCUT2D eigenvalue weighted by molar-refractivity contribution is 6.04. The molecule has 1 aliphatic heterocycles. The molecule has 156 valence electrons. The topological polar surface area (TPSA) is 73.9 Å². The van der Waals surface area contributed by atoms with Gasteiger partial charge in [-0.05, 0) is 43.4 Å². The third-order valence-electron chi connectivity index (χ3n) is 5.48. The summed E-state index contributed by atoms with van der Waals surface area (Å²) in [5.41, 5.74) is 3.37. The number of hydrogen-bond acceptors (Lipinski definition) is 6. The number of ether oxygens (including phenoxy) is 3. The number of dihydropyridines is 1. The van der Waals surface area contributed by atoms with Crippen LogP contribution in [0.4, 0.5) is 0 Å². The minimum absolute atomic E-state index is 0.0535. The lowest BCUT2D eigenvalue weighted by atomic mass is 9.68. The Hall–Kier alpha value is -2.76. The Morgan fingerprint density at radius 3 is 2.48 bits per heavy atom. The second-order valence-electron chi connectivity index (χ2n) is 8.26. The van der Waals surface area contributed by atoms with Gasteiger partial charge < -0.3 is 19.5 Å². The molecule has 1 aromatic carbocycles. The maximum atomic E-state index is 13.2. The molecule has 1 atom stereocenters. The minimum Gasteiger partial charge on any atom is -0.493 e. The van der Waals surface area contributed by atoms with Crippen LogP contribution < -0.4 is 14.8 Å². The van der Waals surface area contributed by atoms with Crippen LogP contribution in [0.25, 0.3) is 0 Å². The predicted molar refractivity (Wildman–Crippen MR) is 110 cm³/mol. The van der Waals surface area contributed by atoms with Crippen molar-refractivity contribution in [2.45, 2.75) is 46.5 Å². The molecule has 0 aromatic heterocycles. The van der Waals surface area contributed by atoms with Crippen LogP contribution in [0, 0.1) is 5.41 Å². The van der Waals surface area contributed by atoms with E-state index in [1.54, 1.807) is 27.2 Å². The van der Waals surface area contributed by atoms with E-state index in [0.29, 0.717) is 34.8 Å². The van der Waals surface area contributed by atoms with E-state index in [4.69, 9.17) is 14.2 Å². The Morgan fingerprint density at radius 1 is 1.17 bits per heavy atom. The van der Waals surface area contributed by atoms with Crippen molar-refractivity contribution in [1.82, 2.24) is 5.32 Å². The number of methoxy groups -OCH3 is 2. The smallest absolute Gasteiger partial charge is 0.336 e. The lowest BCUT2D eigenvalue weighted by Gasteiger charge is -2.39. The second kappa shape index (κ2) is 7.93. The lowest BCUT2D eigenvalue weighted by molar-refractivity contribution is -0.138. The van der Waals surface area contributed by atoms with Gasteiger partial charge in [0.25, 0.3) is 0 Å². The number of Topliss-reactive ketones (excluding diaryl/α,β-unsaturated/α-hetero) is 1. The molecule has 29 heavy (non-hydrogen) atoms. The zero-order valence-electron chi connectivity index (χ0n) is 18.0. The molecule has 0 bridgehead atoms. The molecular weight excluding hydrogens is 370 g/mol. The molecule has 2 aliphatic rings. The Bertz CT molecular complexity index is 910. The van der Waals surface area contributed by atoms with Crippen molar-refractivity contribution >= 4 is 11.8 Å². The summed E-state index contributed by atoms with van der Waals surface area (Å²) in [6, 6.07) is 5.51. The van der Waals surface area contributed by atoms with E-state index in [0.717, 1.165) is 17.7 Å². The largest absolute Gasteiger partial charge is 0.493 e. The molecule has 1 aromatic rings. The van der Waals surface area contributed by atoms with Crippen LogP contribution in [0.1, 0.15) is 52.0 Å². The van der Waals surface area contributed by atoms with E-state index in [1.165, 1.54) is 0 Å². The van der Waals surface area contributed by atoms with Gasteiger partial charge in [0.1, 0.15) is 0 Å². The molecule has 0 amide bonds. The Kier molecular flexibility index (Phi) is 5.73. The van der Waals surface area contributed by atoms with Crippen molar-refractivity contribution < 1.29 is 23.8 Å². The second-order valence-corrected chi connectivity index (χ2v) is 8.26. The fourth-order valence-corrected chi connectivity index (χ4v) is 4.28. The zero-order chi connectivity index (χ0) is 21.3. The number of hydrogen-bond donors (Lipinski definition) is 1. The molecule has 0 fully saturated rings. The third-order valence-corrected chi connectivity index (χ3v) is 5.48. The van der Waals surface area contributed by atoms with Crippen molar-refractivity contribution in [3.8, 4) is 11.5 Å². The monoisotopic (exact) mass is 399 g/mol. The van der Waals surface area contributed by atoms with E-state index in [-0.39, 0.29) is 17.8 Å². The molecule has 0 spiro atoms. The molecule has 0 saturated heterocycles. The van der Waals surface area contributed by atoms with Gasteiger partial charge in [0.15, 0.2) is 17.3 Å². The van der Waals surface area contributed by atoms with Crippen LogP contribution in [-0.4, -0.2) is 32.6 Å². The van der Waals surface area contributed by atoms with E-state index in [1.807, 2.05) is 19.1 Å². The van der Waals surface area contributed by atoms with Crippen LogP contribution in [0.5, 0.6) is 11.5 Å². The van der Waals surface area contributed by atoms with E-state index in [9.17, 15) is 9.59 Å². The molecule has 1 aliphatic carbocycles. The van der Waals surface area contributed by atoms with E-state index < -0.39 is 11.9 Å². The van der Waals surface area contributed by atoms with Gasteiger partial charge in [0, 0.05) is 29.3 Å². The molecule has 0 unspecified atom stereocenters. The summed E-state index contributed by atoms with van der Waals surface area (Å²) in [4.78, 5) is 26.1. The molecule has 0 saturated carbocycles. The highest BCUT2D eigenvalue weighted by atomic mass is 16.5. The van der Waals surface area contributed by atoms with Gasteiger partial charge in [0.05, 0.1) is 26.4 Å². The summed E-state index contributed by atoms with van der Waals surface area (Å²) in [5, 5.41) is 3.33. The number of ketones is 1. The van der Waals surface area contributed by atoms with Crippen LogP contribution in [0.15, 0.2) is 40.7 Å². The predicted octanol–water partition coefficient (Wildman–Crippen LogP) is 3.87. The van der Waals surface area contributed by atoms with Crippen molar-refractivity contribution in [2.24, 2.45) is 5.41 Å². The van der Waals surface area contributed by atoms with Gasteiger partial charge >= 0.3 is 5.97 Å². The van der Waals surface area contributed by atoms with Crippen LogP contribution in [-0.2, 0) is 14.3 Å². The first kappa shape index (κ1) is 21.0. The molecule has 1 heterocycles. The van der Waals surface area contributed by atoms with Gasteiger partial charge in [0.2, 0.25) is 0 Å². The van der Waals surface area contributed by atoms with Crippen LogP contribution >= 0.6 is 0 Å². The SMILES string of the molecule is CCOC(=O)C1=C(C)NC2=C(C(=O)CC(C)(C)C2)[C@@H]1c1ccc(OC)c(OC)c1. The van der Waals surface area contributed by atoms with Crippen LogP contribution in [0.2, 0.25) is 0 Å². The maximum Gasteiger partial charge on any atom is 0.336 e. The molecular formula is C23H29NO5. The van der Waals surface area contributed by atoms with Crippen molar-refractivity contribution in [1.29, 1.82) is 0 Å². The third kappa shape index (κ3) is 3.88. The average molecular weight is 399 g/mol. The number of benzene rings is 1. The van der Waals surface area contributed by atoms with Crippen molar-refractivity contribution in [2.75, 3.05) is 20.8 Å².